The molecule has 0 aliphatic carbocycles. The molecule has 0 fully saturated rings. The van der Waals surface area contributed by atoms with Crippen LogP contribution in [-0.4, -0.2) is 17.5 Å². The van der Waals surface area contributed by atoms with Crippen LogP contribution in [0.5, 0.6) is 0 Å². The molecule has 0 heterocycles. The largest absolute Gasteiger partial charge is 0.443 e. The van der Waals surface area contributed by atoms with Gasteiger partial charge in [-0.25, -0.2) is 9.69 Å². The van der Waals surface area contributed by atoms with Crippen LogP contribution in [0.1, 0.15) is 43.6 Å². The average Bonchev–Trinajstić information content (AvgIpc) is 2.61. The average molecular weight is 363 g/mol. The number of carbonyl (C=O) groups excluding carboxylic acids is 2. The van der Waals surface area contributed by atoms with Crippen LogP contribution in [0, 0.1) is 0 Å². The Kier molecular flexibility index (Phi) is 6.35. The third-order valence-electron chi connectivity index (χ3n) is 3.72. The van der Waals surface area contributed by atoms with Crippen molar-refractivity contribution in [3.63, 3.8) is 0 Å². The number of hydrogen-bond donors (Lipinski definition) is 0. The summed E-state index contributed by atoms with van der Waals surface area (Å²) in [4.78, 5) is 26.9. The van der Waals surface area contributed by atoms with E-state index in [1.165, 1.54) is 11.0 Å². The smallest absolute Gasteiger partial charge is 0.419 e. The Bertz CT molecular complexity index is 861. The summed E-state index contributed by atoms with van der Waals surface area (Å²) in [6, 6.07) is 16.3. The van der Waals surface area contributed by atoms with E-state index in [1.807, 2.05) is 24.3 Å². The minimum atomic E-state index is -0.665. The molecule has 2 aromatic rings. The van der Waals surface area contributed by atoms with Gasteiger partial charge in [0, 0.05) is 17.3 Å². The molecule has 4 heteroatoms. The van der Waals surface area contributed by atoms with Crippen LogP contribution in [0.4, 0.5) is 10.5 Å². The molecule has 2 rings (SSSR count). The maximum absolute atomic E-state index is 12.9. The van der Waals surface area contributed by atoms with Gasteiger partial charge in [0.25, 0.3) is 0 Å². The van der Waals surface area contributed by atoms with Crippen molar-refractivity contribution in [2.24, 2.45) is 0 Å². The second-order valence-corrected chi connectivity index (χ2v) is 7.09. The highest BCUT2D eigenvalue weighted by Crippen LogP contribution is 2.27. The number of nitrogens with zero attached hydrogens (tertiary/aromatic N) is 1. The van der Waals surface area contributed by atoms with E-state index in [4.69, 9.17) is 4.74 Å². The van der Waals surface area contributed by atoms with Gasteiger partial charge < -0.3 is 4.74 Å². The first-order valence-electron chi connectivity index (χ1n) is 8.75. The number of amides is 1. The van der Waals surface area contributed by atoms with Gasteiger partial charge in [0.1, 0.15) is 5.60 Å². The highest BCUT2D eigenvalue weighted by molar-refractivity contribution is 6.06. The van der Waals surface area contributed by atoms with E-state index in [-0.39, 0.29) is 5.78 Å². The van der Waals surface area contributed by atoms with Gasteiger partial charge >= 0.3 is 6.09 Å². The molecule has 0 aliphatic heterocycles. The quantitative estimate of drug-likeness (QED) is 0.494. The minimum absolute atomic E-state index is 0.183. The minimum Gasteiger partial charge on any atom is -0.443 e. The normalized spacial score (nSPS) is 11.6. The summed E-state index contributed by atoms with van der Waals surface area (Å²) >= 11 is 0. The van der Waals surface area contributed by atoms with Crippen molar-refractivity contribution >= 4 is 23.6 Å². The van der Waals surface area contributed by atoms with Crippen molar-refractivity contribution in [1.29, 1.82) is 0 Å². The molecule has 2 aromatic carbocycles. The standard InChI is InChI=1S/C23H25NO3/c1-6-18-12-10-11-15-20(18)24(22(26)27-23(3,4)5)17(2)16-21(25)19-13-8-7-9-14-19/h6-16H,1H2,2-5H3/b17-16+. The number of carbonyl (C=O) groups is 2. The highest BCUT2D eigenvalue weighted by atomic mass is 16.6. The number of ketones is 1. The maximum Gasteiger partial charge on any atom is 0.419 e. The van der Waals surface area contributed by atoms with Crippen LogP contribution in [0.25, 0.3) is 6.08 Å². The molecule has 0 unspecified atom stereocenters. The van der Waals surface area contributed by atoms with Gasteiger partial charge in [0.2, 0.25) is 0 Å². The number of hydrogen-bond acceptors (Lipinski definition) is 3. The third-order valence-corrected chi connectivity index (χ3v) is 3.72. The first-order chi connectivity index (χ1) is 12.7. The number of para-hydroxylation sites is 1. The lowest BCUT2D eigenvalue weighted by Crippen LogP contribution is -2.36. The molecule has 0 aromatic heterocycles. The van der Waals surface area contributed by atoms with Crippen LogP contribution in [0.3, 0.4) is 0 Å². The molecule has 27 heavy (non-hydrogen) atoms. The summed E-state index contributed by atoms with van der Waals surface area (Å²) in [5, 5.41) is 0. The third kappa shape index (κ3) is 5.42. The fraction of sp³-hybridized carbons (Fsp3) is 0.217. The summed E-state index contributed by atoms with van der Waals surface area (Å²) in [6.45, 7) is 10.9. The van der Waals surface area contributed by atoms with Crippen molar-refractivity contribution < 1.29 is 14.3 Å². The maximum atomic E-state index is 12.9. The van der Waals surface area contributed by atoms with Crippen LogP contribution in [0.15, 0.2) is 72.9 Å². The topological polar surface area (TPSA) is 46.6 Å². The molecule has 0 spiro atoms. The summed E-state index contributed by atoms with van der Waals surface area (Å²) in [6.07, 6.45) is 2.56. The number of anilines is 1. The Hall–Kier alpha value is -3.14. The molecule has 4 nitrogen and oxygen atoms in total. The molecular weight excluding hydrogens is 338 g/mol. The Morgan fingerprint density at radius 2 is 1.59 bits per heavy atom. The zero-order chi connectivity index (χ0) is 20.0. The van der Waals surface area contributed by atoms with Crippen molar-refractivity contribution in [2.45, 2.75) is 33.3 Å². The number of rotatable bonds is 5. The van der Waals surface area contributed by atoms with E-state index in [2.05, 4.69) is 6.58 Å². The van der Waals surface area contributed by atoms with Gasteiger partial charge in [0.05, 0.1) is 5.69 Å². The van der Waals surface area contributed by atoms with Crippen LogP contribution < -0.4 is 4.90 Å². The van der Waals surface area contributed by atoms with Gasteiger partial charge in [-0.15, -0.1) is 0 Å². The molecule has 0 aliphatic rings. The monoisotopic (exact) mass is 363 g/mol. The summed E-state index contributed by atoms with van der Waals surface area (Å²) in [5.41, 5.74) is 1.73. The molecule has 0 N–H and O–H groups in total. The van der Waals surface area contributed by atoms with E-state index in [9.17, 15) is 9.59 Å². The van der Waals surface area contributed by atoms with Crippen molar-refractivity contribution in [2.75, 3.05) is 4.90 Å². The molecule has 0 saturated carbocycles. The second-order valence-electron chi connectivity index (χ2n) is 7.09. The highest BCUT2D eigenvalue weighted by Gasteiger charge is 2.26. The van der Waals surface area contributed by atoms with E-state index in [0.717, 1.165) is 5.56 Å². The van der Waals surface area contributed by atoms with E-state index < -0.39 is 11.7 Å². The first kappa shape index (κ1) is 20.2. The van der Waals surface area contributed by atoms with E-state index in [1.54, 1.807) is 64.1 Å². The zero-order valence-electron chi connectivity index (χ0n) is 16.2. The van der Waals surface area contributed by atoms with Gasteiger partial charge in [-0.1, -0.05) is 61.2 Å². The molecular formula is C23H25NO3. The van der Waals surface area contributed by atoms with Crippen molar-refractivity contribution in [3.05, 3.63) is 84.1 Å². The Morgan fingerprint density at radius 3 is 2.19 bits per heavy atom. The molecule has 0 saturated heterocycles. The lowest BCUT2D eigenvalue weighted by Gasteiger charge is -2.29. The lowest BCUT2D eigenvalue weighted by molar-refractivity contribution is 0.0592. The van der Waals surface area contributed by atoms with Crippen molar-refractivity contribution in [3.8, 4) is 0 Å². The molecule has 140 valence electrons. The van der Waals surface area contributed by atoms with Crippen molar-refractivity contribution in [1.82, 2.24) is 0 Å². The Morgan fingerprint density at radius 1 is 1.00 bits per heavy atom. The lowest BCUT2D eigenvalue weighted by atomic mass is 10.1. The van der Waals surface area contributed by atoms with E-state index >= 15 is 0 Å². The predicted molar refractivity (Wildman–Crippen MR) is 110 cm³/mol. The van der Waals surface area contributed by atoms with Gasteiger partial charge in [-0.2, -0.15) is 0 Å². The Labute approximate surface area is 160 Å². The van der Waals surface area contributed by atoms with Gasteiger partial charge in [-0.05, 0) is 39.3 Å². The van der Waals surface area contributed by atoms with Crippen LogP contribution in [-0.2, 0) is 4.74 Å². The predicted octanol–water partition coefficient (Wildman–Crippen LogP) is 5.86. The summed E-state index contributed by atoms with van der Waals surface area (Å²) < 4.78 is 5.56. The molecule has 0 atom stereocenters. The molecule has 1 amide bonds. The Balaban J connectivity index is 2.48. The van der Waals surface area contributed by atoms with Gasteiger partial charge in [-0.3, -0.25) is 4.79 Å². The number of allylic oxidation sites excluding steroid dienone is 2. The summed E-state index contributed by atoms with van der Waals surface area (Å²) in [5.74, 6) is -0.183. The fourth-order valence-electron chi connectivity index (χ4n) is 2.54. The van der Waals surface area contributed by atoms with Crippen LogP contribution in [0.2, 0.25) is 0 Å². The fourth-order valence-corrected chi connectivity index (χ4v) is 2.54. The van der Waals surface area contributed by atoms with Gasteiger partial charge in [0.15, 0.2) is 5.78 Å². The second kappa shape index (κ2) is 8.49. The van der Waals surface area contributed by atoms with Crippen LogP contribution >= 0.6 is 0 Å². The first-order valence-corrected chi connectivity index (χ1v) is 8.75. The van der Waals surface area contributed by atoms with E-state index in [0.29, 0.717) is 16.9 Å². The number of ether oxygens (including phenoxy) is 1. The SMILES string of the molecule is C=Cc1ccccc1N(C(=O)OC(C)(C)C)/C(C)=C/C(=O)c1ccccc1. The number of benzene rings is 2. The summed E-state index contributed by atoms with van der Waals surface area (Å²) in [7, 11) is 0. The molecule has 0 bridgehead atoms. The zero-order valence-corrected chi connectivity index (χ0v) is 16.2. The molecule has 0 radical (unpaired) electrons.